The van der Waals surface area contributed by atoms with E-state index in [0.717, 1.165) is 25.9 Å². The zero-order valence-electron chi connectivity index (χ0n) is 13.2. The molecule has 0 bridgehead atoms. The molecule has 1 heterocycles. The number of amides is 2. The first-order chi connectivity index (χ1) is 10.1. The van der Waals surface area contributed by atoms with E-state index in [-0.39, 0.29) is 23.9 Å². The molecule has 1 aliphatic heterocycles. The van der Waals surface area contributed by atoms with Crippen molar-refractivity contribution in [3.63, 3.8) is 0 Å². The van der Waals surface area contributed by atoms with E-state index in [4.69, 9.17) is 0 Å². The number of carbonyl (C=O) groups excluding carboxylic acids is 2. The maximum atomic E-state index is 12.4. The molecule has 0 aromatic rings. The Balaban J connectivity index is 1.94. The fourth-order valence-corrected chi connectivity index (χ4v) is 3.26. The zero-order valence-corrected chi connectivity index (χ0v) is 13.2. The van der Waals surface area contributed by atoms with Gasteiger partial charge in [0, 0.05) is 32.2 Å². The highest BCUT2D eigenvalue weighted by molar-refractivity contribution is 5.85. The highest BCUT2D eigenvalue weighted by Crippen LogP contribution is 2.18. The Morgan fingerprint density at radius 1 is 1.33 bits per heavy atom. The molecule has 0 radical (unpaired) electrons. The van der Waals surface area contributed by atoms with Gasteiger partial charge in [-0.1, -0.05) is 12.8 Å². The number of nitrogens with one attached hydrogen (secondary N) is 3. The fraction of sp³-hybridized carbons (Fsp3) is 0.867. The molecule has 21 heavy (non-hydrogen) atoms. The van der Waals surface area contributed by atoms with Gasteiger partial charge in [-0.2, -0.15) is 0 Å². The number of hydrogen-bond donors (Lipinski definition) is 3. The molecule has 2 amide bonds. The van der Waals surface area contributed by atoms with Gasteiger partial charge in [-0.05, 0) is 26.7 Å². The van der Waals surface area contributed by atoms with E-state index >= 15 is 0 Å². The average molecular weight is 296 g/mol. The van der Waals surface area contributed by atoms with Crippen LogP contribution in [0.15, 0.2) is 0 Å². The molecule has 2 unspecified atom stereocenters. The third-order valence-electron chi connectivity index (χ3n) is 4.52. The lowest BCUT2D eigenvalue weighted by molar-refractivity contribution is -0.133. The summed E-state index contributed by atoms with van der Waals surface area (Å²) in [5, 5.41) is 9.23. The summed E-state index contributed by atoms with van der Waals surface area (Å²) in [6, 6.07) is -0.200. The molecule has 2 rings (SSSR count). The molecule has 0 aromatic carbocycles. The predicted octanol–water partition coefficient (Wildman–Crippen LogP) is -0.156. The van der Waals surface area contributed by atoms with E-state index in [0.29, 0.717) is 19.1 Å². The summed E-state index contributed by atoms with van der Waals surface area (Å²) in [5.41, 5.74) is 0. The van der Waals surface area contributed by atoms with Crippen LogP contribution in [-0.2, 0) is 9.59 Å². The van der Waals surface area contributed by atoms with Gasteiger partial charge in [0.25, 0.3) is 0 Å². The molecule has 2 fully saturated rings. The minimum atomic E-state index is -0.264. The second-order valence-corrected chi connectivity index (χ2v) is 6.02. The van der Waals surface area contributed by atoms with Crippen molar-refractivity contribution < 1.29 is 9.59 Å². The molecule has 2 atom stereocenters. The molecule has 0 spiro atoms. The highest BCUT2D eigenvalue weighted by atomic mass is 16.2. The van der Waals surface area contributed by atoms with Gasteiger partial charge in [0.15, 0.2) is 0 Å². The summed E-state index contributed by atoms with van der Waals surface area (Å²) in [5.74, 6) is 0.0586. The lowest BCUT2D eigenvalue weighted by atomic mass is 10.1. The third-order valence-corrected chi connectivity index (χ3v) is 4.52. The van der Waals surface area contributed by atoms with Crippen molar-refractivity contribution in [2.75, 3.05) is 26.2 Å². The van der Waals surface area contributed by atoms with Crippen molar-refractivity contribution in [3.8, 4) is 0 Å². The molecule has 0 aromatic heterocycles. The Labute approximate surface area is 127 Å². The highest BCUT2D eigenvalue weighted by Gasteiger charge is 2.35. The SMILES string of the molecule is CCNC(=O)C1CNCCN1C(C)C(=O)NC1CCCC1. The minimum absolute atomic E-state index is 0.00483. The van der Waals surface area contributed by atoms with Gasteiger partial charge in [-0.25, -0.2) is 0 Å². The standard InChI is InChI=1S/C15H28N4O2/c1-3-17-15(21)13-10-16-8-9-19(13)11(2)14(20)18-12-6-4-5-7-12/h11-13,16H,3-10H2,1-2H3,(H,17,21)(H,18,20). The predicted molar refractivity (Wildman–Crippen MR) is 81.9 cm³/mol. The van der Waals surface area contributed by atoms with Crippen molar-refractivity contribution in [2.45, 2.75) is 57.7 Å². The number of piperazine rings is 1. The van der Waals surface area contributed by atoms with Gasteiger partial charge in [-0.3, -0.25) is 14.5 Å². The maximum absolute atomic E-state index is 12.4. The maximum Gasteiger partial charge on any atom is 0.238 e. The molecule has 6 heteroatoms. The first-order valence-corrected chi connectivity index (χ1v) is 8.18. The van der Waals surface area contributed by atoms with E-state index in [1.165, 1.54) is 12.8 Å². The molecule has 3 N–H and O–H groups in total. The second-order valence-electron chi connectivity index (χ2n) is 6.02. The topological polar surface area (TPSA) is 73.5 Å². The number of carbonyl (C=O) groups is 2. The van der Waals surface area contributed by atoms with Crippen LogP contribution >= 0.6 is 0 Å². The summed E-state index contributed by atoms with van der Waals surface area (Å²) in [4.78, 5) is 26.6. The first kappa shape index (κ1) is 16.2. The first-order valence-electron chi connectivity index (χ1n) is 8.18. The molecular weight excluding hydrogens is 268 g/mol. The van der Waals surface area contributed by atoms with Crippen LogP contribution in [-0.4, -0.2) is 61.0 Å². The van der Waals surface area contributed by atoms with Crippen molar-refractivity contribution in [3.05, 3.63) is 0 Å². The van der Waals surface area contributed by atoms with E-state index in [9.17, 15) is 9.59 Å². The molecule has 6 nitrogen and oxygen atoms in total. The third kappa shape index (κ3) is 4.17. The number of hydrogen-bond acceptors (Lipinski definition) is 4. The Kier molecular flexibility index (Phi) is 5.99. The Morgan fingerprint density at radius 3 is 2.71 bits per heavy atom. The zero-order chi connectivity index (χ0) is 15.2. The van der Waals surface area contributed by atoms with Crippen LogP contribution in [0.2, 0.25) is 0 Å². The van der Waals surface area contributed by atoms with Gasteiger partial charge >= 0.3 is 0 Å². The van der Waals surface area contributed by atoms with E-state index < -0.39 is 0 Å². The molecule has 1 saturated carbocycles. The normalized spacial score (nSPS) is 25.5. The summed E-state index contributed by atoms with van der Waals surface area (Å²) in [6.07, 6.45) is 4.57. The quantitative estimate of drug-likeness (QED) is 0.659. The van der Waals surface area contributed by atoms with Crippen LogP contribution in [0, 0.1) is 0 Å². The van der Waals surface area contributed by atoms with E-state index in [1.54, 1.807) is 0 Å². The molecular formula is C15H28N4O2. The van der Waals surface area contributed by atoms with E-state index in [1.807, 2.05) is 18.7 Å². The summed E-state index contributed by atoms with van der Waals surface area (Å²) in [7, 11) is 0. The fourth-order valence-electron chi connectivity index (χ4n) is 3.26. The van der Waals surface area contributed by atoms with Gasteiger partial charge in [-0.15, -0.1) is 0 Å². The van der Waals surface area contributed by atoms with Crippen molar-refractivity contribution >= 4 is 11.8 Å². The number of rotatable bonds is 5. The van der Waals surface area contributed by atoms with Gasteiger partial charge < -0.3 is 16.0 Å². The summed E-state index contributed by atoms with van der Waals surface area (Å²) in [6.45, 7) is 6.58. The van der Waals surface area contributed by atoms with Crippen molar-refractivity contribution in [1.29, 1.82) is 0 Å². The van der Waals surface area contributed by atoms with Crippen molar-refractivity contribution in [2.24, 2.45) is 0 Å². The van der Waals surface area contributed by atoms with Crippen LogP contribution in [0.3, 0.4) is 0 Å². The Morgan fingerprint density at radius 2 is 2.05 bits per heavy atom. The number of likely N-dealkylation sites (N-methyl/N-ethyl adjacent to an activating group) is 1. The molecule has 2 aliphatic rings. The Hall–Kier alpha value is -1.14. The van der Waals surface area contributed by atoms with E-state index in [2.05, 4.69) is 16.0 Å². The minimum Gasteiger partial charge on any atom is -0.355 e. The molecule has 120 valence electrons. The van der Waals surface area contributed by atoms with Crippen LogP contribution in [0.1, 0.15) is 39.5 Å². The number of nitrogens with zero attached hydrogens (tertiary/aromatic N) is 1. The van der Waals surface area contributed by atoms with Gasteiger partial charge in [0.05, 0.1) is 6.04 Å². The lowest BCUT2D eigenvalue weighted by Crippen LogP contribution is -2.63. The molecule has 1 aliphatic carbocycles. The van der Waals surface area contributed by atoms with Crippen LogP contribution in [0.5, 0.6) is 0 Å². The molecule has 1 saturated heterocycles. The van der Waals surface area contributed by atoms with Crippen LogP contribution < -0.4 is 16.0 Å². The second kappa shape index (κ2) is 7.75. The van der Waals surface area contributed by atoms with Crippen LogP contribution in [0.25, 0.3) is 0 Å². The van der Waals surface area contributed by atoms with Gasteiger partial charge in [0.2, 0.25) is 11.8 Å². The Bertz CT molecular complexity index is 369. The average Bonchev–Trinajstić information content (AvgIpc) is 2.99. The lowest BCUT2D eigenvalue weighted by Gasteiger charge is -2.38. The summed E-state index contributed by atoms with van der Waals surface area (Å²) < 4.78 is 0. The van der Waals surface area contributed by atoms with Crippen molar-refractivity contribution in [1.82, 2.24) is 20.9 Å². The summed E-state index contributed by atoms with van der Waals surface area (Å²) >= 11 is 0. The smallest absolute Gasteiger partial charge is 0.238 e. The van der Waals surface area contributed by atoms with Gasteiger partial charge in [0.1, 0.15) is 6.04 Å². The largest absolute Gasteiger partial charge is 0.355 e. The monoisotopic (exact) mass is 296 g/mol. The van der Waals surface area contributed by atoms with Crippen LogP contribution in [0.4, 0.5) is 0 Å².